The molecule has 1 heterocycles. The Labute approximate surface area is 130 Å². The summed E-state index contributed by atoms with van der Waals surface area (Å²) in [4.78, 5) is 2.46. The fraction of sp³-hybridized carbons (Fsp3) is 0.625. The monoisotopic (exact) mass is 340 g/mol. The molecule has 0 bridgehead atoms. The van der Waals surface area contributed by atoms with E-state index in [-0.39, 0.29) is 12.1 Å². The van der Waals surface area contributed by atoms with Crippen molar-refractivity contribution in [2.45, 2.75) is 44.3 Å². The first kappa shape index (κ1) is 16.0. The van der Waals surface area contributed by atoms with E-state index >= 15 is 0 Å². The fourth-order valence-electron chi connectivity index (χ4n) is 3.02. The Morgan fingerprint density at radius 1 is 1.40 bits per heavy atom. The van der Waals surface area contributed by atoms with Gasteiger partial charge in [-0.3, -0.25) is 4.90 Å². The second kappa shape index (κ2) is 7.55. The average molecular weight is 341 g/mol. The lowest BCUT2D eigenvalue weighted by Gasteiger charge is -2.40. The summed E-state index contributed by atoms with van der Waals surface area (Å²) < 4.78 is 6.59. The maximum Gasteiger partial charge on any atom is 0.0499 e. The minimum absolute atomic E-state index is 0.150. The molecule has 0 spiro atoms. The largest absolute Gasteiger partial charge is 0.381 e. The molecule has 1 aromatic carbocycles. The van der Waals surface area contributed by atoms with Crippen molar-refractivity contribution in [1.82, 2.24) is 4.90 Å². The quantitative estimate of drug-likeness (QED) is 0.893. The van der Waals surface area contributed by atoms with Gasteiger partial charge in [-0.15, -0.1) is 0 Å². The van der Waals surface area contributed by atoms with Crippen LogP contribution in [-0.4, -0.2) is 37.2 Å². The Bertz CT molecular complexity index is 421. The van der Waals surface area contributed by atoms with Gasteiger partial charge < -0.3 is 10.5 Å². The van der Waals surface area contributed by atoms with E-state index in [1.165, 1.54) is 5.56 Å². The lowest BCUT2D eigenvalue weighted by molar-refractivity contribution is 0.0233. The van der Waals surface area contributed by atoms with Crippen LogP contribution in [0, 0.1) is 0 Å². The Morgan fingerprint density at radius 2 is 2.10 bits per heavy atom. The lowest BCUT2D eigenvalue weighted by Crippen LogP contribution is -2.45. The highest BCUT2D eigenvalue weighted by Gasteiger charge is 2.29. The average Bonchev–Trinajstić information content (AvgIpc) is 2.48. The summed E-state index contributed by atoms with van der Waals surface area (Å²) in [5.74, 6) is 0. The molecule has 0 aliphatic carbocycles. The van der Waals surface area contributed by atoms with Crippen molar-refractivity contribution in [2.24, 2.45) is 5.73 Å². The van der Waals surface area contributed by atoms with Crippen LogP contribution in [0.3, 0.4) is 0 Å². The molecule has 3 nitrogen and oxygen atoms in total. The van der Waals surface area contributed by atoms with E-state index in [0.29, 0.717) is 6.04 Å². The lowest BCUT2D eigenvalue weighted by atomic mass is 9.94. The molecule has 0 saturated carbocycles. The molecule has 1 fully saturated rings. The number of nitrogens with zero attached hydrogens (tertiary/aromatic N) is 1. The van der Waals surface area contributed by atoms with Crippen LogP contribution >= 0.6 is 15.9 Å². The molecule has 20 heavy (non-hydrogen) atoms. The van der Waals surface area contributed by atoms with Gasteiger partial charge >= 0.3 is 0 Å². The van der Waals surface area contributed by atoms with Gasteiger partial charge in [0, 0.05) is 35.8 Å². The van der Waals surface area contributed by atoms with Crippen LogP contribution < -0.4 is 5.73 Å². The Hall–Kier alpha value is -0.420. The third-order valence-corrected chi connectivity index (χ3v) is 4.77. The highest BCUT2D eigenvalue weighted by molar-refractivity contribution is 9.10. The molecule has 112 valence electrons. The van der Waals surface area contributed by atoms with Crippen LogP contribution in [0.5, 0.6) is 0 Å². The summed E-state index contributed by atoms with van der Waals surface area (Å²) in [5.41, 5.74) is 7.71. The number of hydrogen-bond donors (Lipinski definition) is 1. The van der Waals surface area contributed by atoms with Crippen molar-refractivity contribution in [1.29, 1.82) is 0 Å². The van der Waals surface area contributed by atoms with Gasteiger partial charge in [-0.25, -0.2) is 0 Å². The number of hydrogen-bond acceptors (Lipinski definition) is 3. The molecular formula is C16H25BrN2O. The summed E-state index contributed by atoms with van der Waals surface area (Å²) in [5, 5.41) is 0. The van der Waals surface area contributed by atoms with Crippen LogP contribution in [0.1, 0.15) is 37.8 Å². The van der Waals surface area contributed by atoms with Gasteiger partial charge in [0.25, 0.3) is 0 Å². The number of likely N-dealkylation sites (N-methyl/N-ethyl adjacent to an activating group) is 1. The molecule has 2 atom stereocenters. The smallest absolute Gasteiger partial charge is 0.0499 e. The Kier molecular flexibility index (Phi) is 6.02. The molecule has 0 radical (unpaired) electrons. The maximum absolute atomic E-state index is 6.42. The highest BCUT2D eigenvalue weighted by atomic mass is 79.9. The zero-order chi connectivity index (χ0) is 14.5. The molecule has 0 amide bonds. The first-order valence-corrected chi connectivity index (χ1v) is 8.23. The number of rotatable bonds is 5. The molecule has 0 aromatic heterocycles. The molecule has 1 aromatic rings. The Morgan fingerprint density at radius 3 is 2.70 bits per heavy atom. The number of benzene rings is 1. The van der Waals surface area contributed by atoms with E-state index in [1.807, 2.05) is 0 Å². The van der Waals surface area contributed by atoms with E-state index in [2.05, 4.69) is 59.1 Å². The van der Waals surface area contributed by atoms with Crippen molar-refractivity contribution in [3.8, 4) is 0 Å². The second-order valence-corrected chi connectivity index (χ2v) is 6.50. The van der Waals surface area contributed by atoms with Crippen LogP contribution in [0.2, 0.25) is 0 Å². The molecule has 2 rings (SSSR count). The van der Waals surface area contributed by atoms with Gasteiger partial charge in [0.2, 0.25) is 0 Å². The minimum atomic E-state index is 0.150. The van der Waals surface area contributed by atoms with Crippen LogP contribution in [0.4, 0.5) is 0 Å². The van der Waals surface area contributed by atoms with Crippen LogP contribution in [0.15, 0.2) is 28.7 Å². The number of nitrogens with two attached hydrogens (primary N) is 1. The van der Waals surface area contributed by atoms with Gasteiger partial charge in [0.1, 0.15) is 0 Å². The fourth-order valence-corrected chi connectivity index (χ4v) is 3.43. The molecule has 2 unspecified atom stereocenters. The zero-order valence-corrected chi connectivity index (χ0v) is 14.0. The molecular weight excluding hydrogens is 316 g/mol. The predicted octanol–water partition coefficient (Wildman–Crippen LogP) is 3.34. The van der Waals surface area contributed by atoms with Gasteiger partial charge in [-0.2, -0.15) is 0 Å². The summed E-state index contributed by atoms with van der Waals surface area (Å²) in [6, 6.07) is 9.50. The maximum atomic E-state index is 6.42. The first-order valence-electron chi connectivity index (χ1n) is 7.44. The van der Waals surface area contributed by atoms with Gasteiger partial charge in [0.05, 0.1) is 0 Å². The van der Waals surface area contributed by atoms with Crippen LogP contribution in [-0.2, 0) is 4.74 Å². The highest BCUT2D eigenvalue weighted by Crippen LogP contribution is 2.30. The normalized spacial score (nSPS) is 20.1. The standard InChI is InChI=1S/C16H25BrN2O/c1-3-15(18)16(12-5-4-6-13(17)11-12)19(2)14-7-9-20-10-8-14/h4-6,11,14-16H,3,7-10,18H2,1-2H3. The Balaban J connectivity index is 2.22. The topological polar surface area (TPSA) is 38.5 Å². The predicted molar refractivity (Wildman–Crippen MR) is 86.8 cm³/mol. The van der Waals surface area contributed by atoms with Crippen LogP contribution in [0.25, 0.3) is 0 Å². The van der Waals surface area contributed by atoms with Crippen molar-refractivity contribution in [2.75, 3.05) is 20.3 Å². The minimum Gasteiger partial charge on any atom is -0.381 e. The van der Waals surface area contributed by atoms with Gasteiger partial charge in [-0.1, -0.05) is 35.0 Å². The summed E-state index contributed by atoms with van der Waals surface area (Å²) >= 11 is 3.57. The zero-order valence-electron chi connectivity index (χ0n) is 12.4. The molecule has 2 N–H and O–H groups in total. The first-order chi connectivity index (χ1) is 9.63. The van der Waals surface area contributed by atoms with E-state index in [9.17, 15) is 0 Å². The number of ether oxygens (including phenoxy) is 1. The van der Waals surface area contributed by atoms with E-state index in [1.54, 1.807) is 0 Å². The summed E-state index contributed by atoms with van der Waals surface area (Å²) in [6.45, 7) is 3.89. The molecule has 1 aliphatic heterocycles. The van der Waals surface area contributed by atoms with Gasteiger partial charge in [0.15, 0.2) is 0 Å². The SMILES string of the molecule is CCC(N)C(c1cccc(Br)c1)N(C)C1CCOCC1. The third kappa shape index (κ3) is 3.82. The van der Waals surface area contributed by atoms with E-state index in [0.717, 1.165) is 36.9 Å². The van der Waals surface area contributed by atoms with Crippen molar-refractivity contribution in [3.63, 3.8) is 0 Å². The summed E-state index contributed by atoms with van der Waals surface area (Å²) in [7, 11) is 2.21. The van der Waals surface area contributed by atoms with E-state index in [4.69, 9.17) is 10.5 Å². The number of halogens is 1. The second-order valence-electron chi connectivity index (χ2n) is 5.58. The molecule has 1 aliphatic rings. The van der Waals surface area contributed by atoms with E-state index < -0.39 is 0 Å². The van der Waals surface area contributed by atoms with Crippen molar-refractivity contribution < 1.29 is 4.74 Å². The third-order valence-electron chi connectivity index (χ3n) is 4.27. The van der Waals surface area contributed by atoms with Gasteiger partial charge in [-0.05, 0) is 44.0 Å². The van der Waals surface area contributed by atoms with Crippen molar-refractivity contribution >= 4 is 15.9 Å². The summed E-state index contributed by atoms with van der Waals surface area (Å²) in [6.07, 6.45) is 3.17. The van der Waals surface area contributed by atoms with Crippen molar-refractivity contribution in [3.05, 3.63) is 34.3 Å². The molecule has 1 saturated heterocycles. The molecule has 4 heteroatoms.